The van der Waals surface area contributed by atoms with Crippen LogP contribution >= 0.6 is 0 Å². The SMILES string of the molecule is COCC1CCCN(C(=O)c2nn[nH]n2)C1. The molecule has 0 saturated carbocycles. The van der Waals surface area contributed by atoms with Crippen LogP contribution in [0.3, 0.4) is 0 Å². The molecule has 1 aromatic rings. The van der Waals surface area contributed by atoms with Crippen LogP contribution in [-0.4, -0.2) is 58.2 Å². The van der Waals surface area contributed by atoms with E-state index in [2.05, 4.69) is 20.6 Å². The maximum atomic E-state index is 11.9. The molecule has 1 fully saturated rings. The van der Waals surface area contributed by atoms with Crippen molar-refractivity contribution in [3.05, 3.63) is 5.82 Å². The van der Waals surface area contributed by atoms with Crippen LogP contribution in [0.15, 0.2) is 0 Å². The number of amides is 1. The number of hydrogen-bond donors (Lipinski definition) is 1. The van der Waals surface area contributed by atoms with E-state index in [1.807, 2.05) is 0 Å². The molecule has 7 nitrogen and oxygen atoms in total. The minimum Gasteiger partial charge on any atom is -0.384 e. The molecule has 0 bridgehead atoms. The van der Waals surface area contributed by atoms with E-state index in [9.17, 15) is 4.79 Å². The highest BCUT2D eigenvalue weighted by Gasteiger charge is 2.26. The number of piperidine rings is 1. The summed E-state index contributed by atoms with van der Waals surface area (Å²) in [7, 11) is 1.68. The summed E-state index contributed by atoms with van der Waals surface area (Å²) >= 11 is 0. The summed E-state index contributed by atoms with van der Waals surface area (Å²) < 4.78 is 5.11. The molecule has 0 aromatic carbocycles. The average molecular weight is 225 g/mol. The Morgan fingerprint density at radius 3 is 3.25 bits per heavy atom. The predicted octanol–water partition coefficient (Wildman–Crippen LogP) is -0.302. The standard InChI is InChI=1S/C9H15N5O2/c1-16-6-7-3-2-4-14(5-7)9(15)8-10-12-13-11-8/h7H,2-6H2,1H3,(H,10,11,12,13). The van der Waals surface area contributed by atoms with Gasteiger partial charge in [-0.2, -0.15) is 5.21 Å². The fraction of sp³-hybridized carbons (Fsp3) is 0.778. The van der Waals surface area contributed by atoms with Gasteiger partial charge in [0.25, 0.3) is 11.7 Å². The molecule has 1 aliphatic heterocycles. The zero-order chi connectivity index (χ0) is 11.4. The molecule has 16 heavy (non-hydrogen) atoms. The Morgan fingerprint density at radius 1 is 1.69 bits per heavy atom. The minimum atomic E-state index is -0.158. The highest BCUT2D eigenvalue weighted by atomic mass is 16.5. The van der Waals surface area contributed by atoms with Crippen LogP contribution in [0.4, 0.5) is 0 Å². The van der Waals surface area contributed by atoms with Gasteiger partial charge in [0.1, 0.15) is 0 Å². The second kappa shape index (κ2) is 5.02. The van der Waals surface area contributed by atoms with Gasteiger partial charge in [0.2, 0.25) is 0 Å². The molecule has 1 aromatic heterocycles. The van der Waals surface area contributed by atoms with Gasteiger partial charge in [-0.05, 0) is 24.0 Å². The smallest absolute Gasteiger partial charge is 0.295 e. The lowest BCUT2D eigenvalue weighted by Crippen LogP contribution is -2.41. The van der Waals surface area contributed by atoms with Crippen molar-refractivity contribution in [2.45, 2.75) is 12.8 Å². The van der Waals surface area contributed by atoms with Gasteiger partial charge in [0.15, 0.2) is 0 Å². The predicted molar refractivity (Wildman–Crippen MR) is 54.7 cm³/mol. The van der Waals surface area contributed by atoms with Crippen molar-refractivity contribution < 1.29 is 9.53 Å². The van der Waals surface area contributed by atoms with E-state index in [0.29, 0.717) is 19.1 Å². The number of tetrazole rings is 1. The second-order valence-corrected chi connectivity index (χ2v) is 3.95. The number of ether oxygens (including phenoxy) is 1. The summed E-state index contributed by atoms with van der Waals surface area (Å²) in [5.74, 6) is 0.391. The molecule has 1 saturated heterocycles. The zero-order valence-corrected chi connectivity index (χ0v) is 9.22. The van der Waals surface area contributed by atoms with E-state index in [0.717, 1.165) is 19.4 Å². The Bertz CT molecular complexity index is 338. The van der Waals surface area contributed by atoms with Crippen LogP contribution in [0.5, 0.6) is 0 Å². The van der Waals surface area contributed by atoms with Gasteiger partial charge in [0.05, 0.1) is 6.61 Å². The minimum absolute atomic E-state index is 0.137. The lowest BCUT2D eigenvalue weighted by atomic mass is 9.99. The van der Waals surface area contributed by atoms with Gasteiger partial charge in [-0.3, -0.25) is 4.79 Å². The topological polar surface area (TPSA) is 84.0 Å². The Balaban J connectivity index is 1.96. The van der Waals surface area contributed by atoms with E-state index < -0.39 is 0 Å². The van der Waals surface area contributed by atoms with Crippen LogP contribution in [-0.2, 0) is 4.74 Å². The summed E-state index contributed by atoms with van der Waals surface area (Å²) in [6, 6.07) is 0. The molecule has 1 atom stereocenters. The molecule has 1 aliphatic rings. The molecule has 0 radical (unpaired) electrons. The Morgan fingerprint density at radius 2 is 2.56 bits per heavy atom. The van der Waals surface area contributed by atoms with E-state index >= 15 is 0 Å². The fourth-order valence-electron chi connectivity index (χ4n) is 2.02. The number of carbonyl (C=O) groups is 1. The van der Waals surface area contributed by atoms with Crippen molar-refractivity contribution >= 4 is 5.91 Å². The molecule has 1 amide bonds. The summed E-state index contributed by atoms with van der Waals surface area (Å²) in [5.41, 5.74) is 0. The van der Waals surface area contributed by atoms with Gasteiger partial charge in [-0.15, -0.1) is 10.2 Å². The first-order chi connectivity index (χ1) is 7.81. The summed E-state index contributed by atoms with van der Waals surface area (Å²) in [6.45, 7) is 2.16. The molecular formula is C9H15N5O2. The monoisotopic (exact) mass is 225 g/mol. The number of rotatable bonds is 3. The third-order valence-electron chi connectivity index (χ3n) is 2.75. The third-order valence-corrected chi connectivity index (χ3v) is 2.75. The Hall–Kier alpha value is -1.50. The van der Waals surface area contributed by atoms with Crippen LogP contribution in [0, 0.1) is 5.92 Å². The van der Waals surface area contributed by atoms with E-state index in [-0.39, 0.29) is 11.7 Å². The molecule has 1 N–H and O–H groups in total. The quantitative estimate of drug-likeness (QED) is 0.763. The summed E-state index contributed by atoms with van der Waals surface area (Å²) in [4.78, 5) is 13.7. The van der Waals surface area contributed by atoms with Gasteiger partial charge in [-0.25, -0.2) is 0 Å². The number of methoxy groups -OCH3 is 1. The first kappa shape index (κ1) is 11.0. The van der Waals surface area contributed by atoms with Crippen molar-refractivity contribution in [3.63, 3.8) is 0 Å². The number of likely N-dealkylation sites (tertiary alicyclic amines) is 1. The van der Waals surface area contributed by atoms with Gasteiger partial charge in [0, 0.05) is 20.2 Å². The van der Waals surface area contributed by atoms with Crippen LogP contribution in [0.2, 0.25) is 0 Å². The van der Waals surface area contributed by atoms with Gasteiger partial charge in [-0.1, -0.05) is 0 Å². The normalized spacial score (nSPS) is 21.1. The van der Waals surface area contributed by atoms with Gasteiger partial charge < -0.3 is 9.64 Å². The number of aromatic amines is 1. The largest absolute Gasteiger partial charge is 0.384 e. The van der Waals surface area contributed by atoms with Crippen molar-refractivity contribution in [3.8, 4) is 0 Å². The number of nitrogens with zero attached hydrogens (tertiary/aromatic N) is 4. The highest BCUT2D eigenvalue weighted by Crippen LogP contribution is 2.17. The van der Waals surface area contributed by atoms with E-state index in [1.54, 1.807) is 12.0 Å². The number of carbonyl (C=O) groups excluding carboxylic acids is 1. The maximum Gasteiger partial charge on any atom is 0.295 e. The lowest BCUT2D eigenvalue weighted by Gasteiger charge is -2.31. The Kier molecular flexibility index (Phi) is 3.45. The van der Waals surface area contributed by atoms with Crippen molar-refractivity contribution in [2.24, 2.45) is 5.92 Å². The van der Waals surface area contributed by atoms with Crippen molar-refractivity contribution in [2.75, 3.05) is 26.8 Å². The second-order valence-electron chi connectivity index (χ2n) is 3.95. The van der Waals surface area contributed by atoms with Crippen LogP contribution in [0.25, 0.3) is 0 Å². The average Bonchev–Trinajstić information content (AvgIpc) is 2.82. The molecule has 7 heteroatoms. The molecule has 2 rings (SSSR count). The zero-order valence-electron chi connectivity index (χ0n) is 9.22. The van der Waals surface area contributed by atoms with Gasteiger partial charge >= 0.3 is 0 Å². The summed E-state index contributed by atoms with van der Waals surface area (Å²) in [5, 5.41) is 13.1. The highest BCUT2D eigenvalue weighted by molar-refractivity contribution is 5.90. The first-order valence-corrected chi connectivity index (χ1v) is 5.33. The van der Waals surface area contributed by atoms with E-state index in [4.69, 9.17) is 4.74 Å². The Labute approximate surface area is 93.2 Å². The number of H-pyrrole nitrogens is 1. The van der Waals surface area contributed by atoms with Crippen molar-refractivity contribution in [1.82, 2.24) is 25.5 Å². The number of nitrogens with one attached hydrogen (secondary N) is 1. The van der Waals surface area contributed by atoms with Crippen LogP contribution < -0.4 is 0 Å². The van der Waals surface area contributed by atoms with Crippen molar-refractivity contribution in [1.29, 1.82) is 0 Å². The number of hydrogen-bond acceptors (Lipinski definition) is 5. The fourth-order valence-corrected chi connectivity index (χ4v) is 2.02. The number of aromatic nitrogens is 4. The third kappa shape index (κ3) is 2.35. The van der Waals surface area contributed by atoms with E-state index in [1.165, 1.54) is 0 Å². The molecule has 0 aliphatic carbocycles. The molecule has 0 spiro atoms. The molecule has 2 heterocycles. The molecule has 1 unspecified atom stereocenters. The first-order valence-electron chi connectivity index (χ1n) is 5.33. The molecular weight excluding hydrogens is 210 g/mol. The maximum absolute atomic E-state index is 11.9. The van der Waals surface area contributed by atoms with Crippen LogP contribution in [0.1, 0.15) is 23.5 Å². The summed E-state index contributed by atoms with van der Waals surface area (Å²) in [6.07, 6.45) is 2.10. The molecule has 88 valence electrons. The lowest BCUT2D eigenvalue weighted by molar-refractivity contribution is 0.0560.